The van der Waals surface area contributed by atoms with Gasteiger partial charge in [-0.15, -0.1) is 0 Å². The molecule has 1 aliphatic rings. The third-order valence-corrected chi connectivity index (χ3v) is 5.24. The Hall–Kier alpha value is -4.01. The van der Waals surface area contributed by atoms with Crippen molar-refractivity contribution in [2.24, 2.45) is 7.05 Å². The number of benzene rings is 2. The van der Waals surface area contributed by atoms with Crippen molar-refractivity contribution >= 4 is 17.6 Å². The van der Waals surface area contributed by atoms with Crippen LogP contribution in [-0.2, 0) is 21.4 Å². The number of aromatic nitrogens is 2. The van der Waals surface area contributed by atoms with Crippen molar-refractivity contribution in [3.05, 3.63) is 70.6 Å². The molecule has 0 aliphatic carbocycles. The van der Waals surface area contributed by atoms with Gasteiger partial charge in [-0.05, 0) is 38.1 Å². The summed E-state index contributed by atoms with van der Waals surface area (Å²) < 4.78 is 19.5. The number of carbonyl (C=O) groups is 2. The van der Waals surface area contributed by atoms with E-state index in [1.165, 1.54) is 11.6 Å². The van der Waals surface area contributed by atoms with Crippen molar-refractivity contribution < 1.29 is 23.8 Å². The van der Waals surface area contributed by atoms with Crippen LogP contribution in [0.2, 0.25) is 0 Å². The molecule has 166 valence electrons. The molecule has 9 heteroatoms. The average Bonchev–Trinajstić information content (AvgIpc) is 3.02. The summed E-state index contributed by atoms with van der Waals surface area (Å²) in [6.07, 6.45) is -2.14. The van der Waals surface area contributed by atoms with E-state index in [-0.39, 0.29) is 17.9 Å². The predicted octanol–water partition coefficient (Wildman–Crippen LogP) is 2.19. The second kappa shape index (κ2) is 8.62. The number of anilines is 1. The normalized spacial score (nSPS) is 15.7. The zero-order valence-corrected chi connectivity index (χ0v) is 17.9. The van der Waals surface area contributed by atoms with E-state index >= 15 is 0 Å². The van der Waals surface area contributed by atoms with Crippen molar-refractivity contribution in [1.82, 2.24) is 9.36 Å². The van der Waals surface area contributed by atoms with Gasteiger partial charge in [0.05, 0.1) is 11.4 Å². The molecule has 2 heterocycles. The molecular weight excluding hydrogens is 414 g/mol. The zero-order valence-electron chi connectivity index (χ0n) is 17.9. The second-order valence-electron chi connectivity index (χ2n) is 7.37. The minimum atomic E-state index is -1.15. The van der Waals surface area contributed by atoms with Crippen molar-refractivity contribution in [2.45, 2.75) is 26.1 Å². The average molecular weight is 437 g/mol. The first kappa shape index (κ1) is 21.2. The number of nitrogens with one attached hydrogen (secondary N) is 1. The molecule has 2 unspecified atom stereocenters. The molecule has 3 aromatic rings. The quantitative estimate of drug-likeness (QED) is 0.614. The first-order valence-electron chi connectivity index (χ1n) is 10.1. The van der Waals surface area contributed by atoms with Crippen LogP contribution in [0, 0.1) is 6.92 Å². The van der Waals surface area contributed by atoms with Crippen molar-refractivity contribution in [2.75, 3.05) is 11.9 Å². The van der Waals surface area contributed by atoms with Crippen LogP contribution < -0.4 is 20.3 Å². The minimum absolute atomic E-state index is 0.0240. The van der Waals surface area contributed by atoms with Gasteiger partial charge in [0.2, 0.25) is 6.10 Å². The number of ether oxygens (including phenoxy) is 3. The molecule has 1 aromatic heterocycles. The van der Waals surface area contributed by atoms with Gasteiger partial charge in [0.25, 0.3) is 11.5 Å². The van der Waals surface area contributed by atoms with Crippen LogP contribution in [0.25, 0.3) is 5.69 Å². The highest BCUT2D eigenvalue weighted by atomic mass is 16.6. The highest BCUT2D eigenvalue weighted by Crippen LogP contribution is 2.31. The molecule has 9 nitrogen and oxygen atoms in total. The zero-order chi connectivity index (χ0) is 22.8. The highest BCUT2D eigenvalue weighted by molar-refractivity contribution is 5.95. The van der Waals surface area contributed by atoms with Gasteiger partial charge in [-0.3, -0.25) is 14.3 Å². The second-order valence-corrected chi connectivity index (χ2v) is 7.37. The number of carbonyl (C=O) groups excluding carboxylic acids is 2. The van der Waals surface area contributed by atoms with E-state index in [4.69, 9.17) is 14.2 Å². The summed E-state index contributed by atoms with van der Waals surface area (Å²) in [5.74, 6) is -0.383. The van der Waals surface area contributed by atoms with Gasteiger partial charge in [-0.1, -0.05) is 30.3 Å². The van der Waals surface area contributed by atoms with Crippen LogP contribution >= 0.6 is 0 Å². The molecule has 2 atom stereocenters. The Balaban J connectivity index is 1.44. The van der Waals surface area contributed by atoms with Crippen LogP contribution in [0.4, 0.5) is 5.69 Å². The van der Waals surface area contributed by atoms with E-state index in [1.807, 2.05) is 18.2 Å². The van der Waals surface area contributed by atoms with Crippen molar-refractivity contribution in [3.63, 3.8) is 0 Å². The number of hydrogen-bond acceptors (Lipinski definition) is 6. The lowest BCUT2D eigenvalue weighted by Gasteiger charge is -2.25. The fourth-order valence-corrected chi connectivity index (χ4v) is 3.38. The lowest BCUT2D eigenvalue weighted by Crippen LogP contribution is -2.41. The van der Waals surface area contributed by atoms with Crippen LogP contribution in [0.1, 0.15) is 12.6 Å². The Labute approximate surface area is 184 Å². The molecule has 0 spiro atoms. The largest absolute Gasteiger partial charge is 0.485 e. The SMILES string of the molecule is Cc1c(NC(=O)C(C)OC(=O)C2COc3ccccc3O2)c(=O)n(-c2ccccc2)n1C. The smallest absolute Gasteiger partial charge is 0.351 e. The summed E-state index contributed by atoms with van der Waals surface area (Å²) in [6, 6.07) is 16.0. The molecule has 1 amide bonds. The third kappa shape index (κ3) is 3.96. The summed E-state index contributed by atoms with van der Waals surface area (Å²) in [6.45, 7) is 3.13. The summed E-state index contributed by atoms with van der Waals surface area (Å²) in [4.78, 5) is 38.1. The standard InChI is InChI=1S/C23H23N3O6/c1-14-20(22(28)26(25(14)3)16-9-5-4-6-10-16)24-21(27)15(2)31-23(29)19-13-30-17-11-7-8-12-18(17)32-19/h4-12,15,19H,13H2,1-3H3,(H,24,27). The molecule has 1 aliphatic heterocycles. The van der Waals surface area contributed by atoms with Gasteiger partial charge in [-0.2, -0.15) is 0 Å². The number of esters is 1. The van der Waals surface area contributed by atoms with E-state index in [0.29, 0.717) is 22.9 Å². The van der Waals surface area contributed by atoms with E-state index in [1.54, 1.807) is 55.1 Å². The summed E-state index contributed by atoms with van der Waals surface area (Å²) >= 11 is 0. The number of rotatable bonds is 5. The number of para-hydroxylation sites is 3. The topological polar surface area (TPSA) is 101 Å². The van der Waals surface area contributed by atoms with E-state index in [9.17, 15) is 14.4 Å². The van der Waals surface area contributed by atoms with Crippen LogP contribution in [-0.4, -0.2) is 40.1 Å². The number of hydrogen-bond donors (Lipinski definition) is 1. The Kier molecular flexibility index (Phi) is 5.72. The predicted molar refractivity (Wildman–Crippen MR) is 116 cm³/mol. The molecule has 0 fully saturated rings. The van der Waals surface area contributed by atoms with E-state index in [2.05, 4.69) is 5.32 Å². The number of nitrogens with zero attached hydrogens (tertiary/aromatic N) is 2. The molecule has 0 radical (unpaired) electrons. The maximum Gasteiger partial charge on any atom is 0.351 e. The number of amides is 1. The lowest BCUT2D eigenvalue weighted by atomic mass is 10.2. The molecule has 4 rings (SSSR count). The first-order valence-corrected chi connectivity index (χ1v) is 10.1. The molecular formula is C23H23N3O6. The molecule has 0 saturated heterocycles. The molecule has 32 heavy (non-hydrogen) atoms. The molecule has 2 aromatic carbocycles. The van der Waals surface area contributed by atoms with Crippen LogP contribution in [0.3, 0.4) is 0 Å². The van der Waals surface area contributed by atoms with Gasteiger partial charge in [0.1, 0.15) is 12.3 Å². The maximum absolute atomic E-state index is 12.9. The van der Waals surface area contributed by atoms with Gasteiger partial charge in [0, 0.05) is 7.05 Å². The van der Waals surface area contributed by atoms with Crippen molar-refractivity contribution in [1.29, 1.82) is 0 Å². The Morgan fingerprint density at radius 3 is 2.47 bits per heavy atom. The highest BCUT2D eigenvalue weighted by Gasteiger charge is 2.31. The maximum atomic E-state index is 12.9. The summed E-state index contributed by atoms with van der Waals surface area (Å²) in [5, 5.41) is 2.59. The van der Waals surface area contributed by atoms with Gasteiger partial charge >= 0.3 is 5.97 Å². The summed E-state index contributed by atoms with van der Waals surface area (Å²) in [5.41, 5.74) is 0.961. The third-order valence-electron chi connectivity index (χ3n) is 5.24. The van der Waals surface area contributed by atoms with E-state index in [0.717, 1.165) is 0 Å². The fourth-order valence-electron chi connectivity index (χ4n) is 3.38. The molecule has 0 bridgehead atoms. The Morgan fingerprint density at radius 2 is 1.75 bits per heavy atom. The minimum Gasteiger partial charge on any atom is -0.485 e. The first-order chi connectivity index (χ1) is 15.4. The fraction of sp³-hybridized carbons (Fsp3) is 0.261. The van der Waals surface area contributed by atoms with Gasteiger partial charge < -0.3 is 19.5 Å². The Bertz CT molecular complexity index is 1210. The van der Waals surface area contributed by atoms with Gasteiger partial charge in [-0.25, -0.2) is 9.48 Å². The van der Waals surface area contributed by atoms with Gasteiger partial charge in [0.15, 0.2) is 17.6 Å². The van der Waals surface area contributed by atoms with Crippen LogP contribution in [0.15, 0.2) is 59.4 Å². The molecule has 1 N–H and O–H groups in total. The lowest BCUT2D eigenvalue weighted by molar-refractivity contribution is -0.162. The van der Waals surface area contributed by atoms with Crippen LogP contribution in [0.5, 0.6) is 11.5 Å². The van der Waals surface area contributed by atoms with Crippen molar-refractivity contribution in [3.8, 4) is 17.2 Å². The van der Waals surface area contributed by atoms with E-state index < -0.39 is 24.1 Å². The monoisotopic (exact) mass is 437 g/mol. The number of fused-ring (bicyclic) bond motifs is 1. The Morgan fingerprint density at radius 1 is 1.09 bits per heavy atom. The summed E-state index contributed by atoms with van der Waals surface area (Å²) in [7, 11) is 1.72. The molecule has 0 saturated carbocycles.